The van der Waals surface area contributed by atoms with Crippen LogP contribution in [-0.2, 0) is 6.42 Å². The predicted molar refractivity (Wildman–Crippen MR) is 71.8 cm³/mol. The van der Waals surface area contributed by atoms with E-state index in [4.69, 9.17) is 5.73 Å². The van der Waals surface area contributed by atoms with Gasteiger partial charge in [-0.3, -0.25) is 0 Å². The van der Waals surface area contributed by atoms with E-state index in [1.807, 2.05) is 0 Å². The summed E-state index contributed by atoms with van der Waals surface area (Å²) < 4.78 is 0. The first kappa shape index (κ1) is 12.1. The summed E-state index contributed by atoms with van der Waals surface area (Å²) in [6.07, 6.45) is 10.8. The average Bonchev–Trinajstić information content (AvgIpc) is 2.69. The van der Waals surface area contributed by atoms with Crippen molar-refractivity contribution >= 4 is 11.3 Å². The van der Waals surface area contributed by atoms with Gasteiger partial charge < -0.3 is 5.73 Å². The average molecular weight is 237 g/mol. The van der Waals surface area contributed by atoms with E-state index in [-0.39, 0.29) is 0 Å². The molecule has 1 nitrogen and oxygen atoms in total. The minimum absolute atomic E-state index is 0.382. The molecule has 1 aliphatic rings. The lowest BCUT2D eigenvalue weighted by atomic mass is 9.84. The Kier molecular flexibility index (Phi) is 4.86. The van der Waals surface area contributed by atoms with Gasteiger partial charge in [0.1, 0.15) is 0 Å². The Balaban J connectivity index is 1.84. The summed E-state index contributed by atoms with van der Waals surface area (Å²) >= 11 is 1.78. The number of hydrogen-bond acceptors (Lipinski definition) is 2. The summed E-state index contributed by atoms with van der Waals surface area (Å²) in [5, 5.41) is 4.39. The van der Waals surface area contributed by atoms with E-state index in [1.54, 1.807) is 11.3 Å². The molecule has 2 heteroatoms. The van der Waals surface area contributed by atoms with Crippen LogP contribution >= 0.6 is 11.3 Å². The second kappa shape index (κ2) is 6.41. The molecule has 16 heavy (non-hydrogen) atoms. The Morgan fingerprint density at radius 2 is 1.88 bits per heavy atom. The first-order valence-electron chi connectivity index (χ1n) is 6.63. The Morgan fingerprint density at radius 1 is 1.19 bits per heavy atom. The highest BCUT2D eigenvalue weighted by Crippen LogP contribution is 2.25. The van der Waals surface area contributed by atoms with Crippen molar-refractivity contribution in [2.45, 2.75) is 57.4 Å². The van der Waals surface area contributed by atoms with Crippen LogP contribution in [0.2, 0.25) is 0 Å². The van der Waals surface area contributed by atoms with Gasteiger partial charge in [-0.05, 0) is 47.6 Å². The first-order valence-corrected chi connectivity index (χ1v) is 7.57. The van der Waals surface area contributed by atoms with E-state index in [2.05, 4.69) is 16.8 Å². The highest BCUT2D eigenvalue weighted by Gasteiger charge is 2.19. The molecule has 1 atom stereocenters. The zero-order valence-electron chi connectivity index (χ0n) is 10.0. The van der Waals surface area contributed by atoms with E-state index < -0.39 is 0 Å². The molecular formula is C14H23NS. The van der Waals surface area contributed by atoms with Crippen molar-refractivity contribution in [2.75, 3.05) is 0 Å². The van der Waals surface area contributed by atoms with Crippen LogP contribution in [-0.4, -0.2) is 6.04 Å². The molecule has 1 aliphatic carbocycles. The van der Waals surface area contributed by atoms with Crippen LogP contribution in [0.15, 0.2) is 16.8 Å². The topological polar surface area (TPSA) is 26.0 Å². The molecule has 0 aromatic carbocycles. The van der Waals surface area contributed by atoms with Crippen LogP contribution < -0.4 is 5.73 Å². The van der Waals surface area contributed by atoms with Gasteiger partial charge in [-0.2, -0.15) is 11.3 Å². The molecule has 1 aromatic rings. The largest absolute Gasteiger partial charge is 0.327 e. The van der Waals surface area contributed by atoms with Crippen LogP contribution in [0.4, 0.5) is 0 Å². The van der Waals surface area contributed by atoms with E-state index in [0.717, 1.165) is 12.3 Å². The van der Waals surface area contributed by atoms with Crippen LogP contribution in [0.3, 0.4) is 0 Å². The molecule has 1 unspecified atom stereocenters. The molecule has 1 saturated carbocycles. The molecule has 0 aliphatic heterocycles. The smallest absolute Gasteiger partial charge is 0.0108 e. The Bertz CT molecular complexity index is 273. The molecular weight excluding hydrogens is 214 g/mol. The Labute approximate surface area is 103 Å². The highest BCUT2D eigenvalue weighted by atomic mass is 32.1. The standard InChI is InChI=1S/C14H23NS/c15-14(10-12-8-9-16-11-12)13-6-4-2-1-3-5-7-13/h8-9,11,13-14H,1-7,10,15H2. The molecule has 0 saturated heterocycles. The maximum Gasteiger partial charge on any atom is 0.0108 e. The highest BCUT2D eigenvalue weighted by molar-refractivity contribution is 7.07. The molecule has 1 aromatic heterocycles. The number of thiophene rings is 1. The second-order valence-electron chi connectivity index (χ2n) is 5.10. The Morgan fingerprint density at radius 3 is 2.50 bits per heavy atom. The normalized spacial score (nSPS) is 21.3. The summed E-state index contributed by atoms with van der Waals surface area (Å²) in [5.74, 6) is 0.764. The molecule has 2 rings (SSSR count). The van der Waals surface area contributed by atoms with Gasteiger partial charge in [-0.25, -0.2) is 0 Å². The molecule has 0 radical (unpaired) electrons. The summed E-state index contributed by atoms with van der Waals surface area (Å²) in [6.45, 7) is 0. The van der Waals surface area contributed by atoms with Crippen LogP contribution in [0.25, 0.3) is 0 Å². The van der Waals surface area contributed by atoms with Gasteiger partial charge in [0.25, 0.3) is 0 Å². The first-order chi connectivity index (χ1) is 7.86. The fourth-order valence-electron chi connectivity index (χ4n) is 2.76. The summed E-state index contributed by atoms with van der Waals surface area (Å²) in [7, 11) is 0. The lowest BCUT2D eigenvalue weighted by Crippen LogP contribution is -2.32. The van der Waals surface area contributed by atoms with Crippen LogP contribution in [0, 0.1) is 5.92 Å². The summed E-state index contributed by atoms with van der Waals surface area (Å²) in [6, 6.07) is 2.60. The van der Waals surface area contributed by atoms with Crippen molar-refractivity contribution in [3.63, 3.8) is 0 Å². The van der Waals surface area contributed by atoms with E-state index in [1.165, 1.54) is 50.5 Å². The monoisotopic (exact) mass is 237 g/mol. The van der Waals surface area contributed by atoms with E-state index >= 15 is 0 Å². The number of hydrogen-bond donors (Lipinski definition) is 1. The lowest BCUT2D eigenvalue weighted by Gasteiger charge is -2.25. The Hall–Kier alpha value is -0.340. The minimum Gasteiger partial charge on any atom is -0.327 e. The molecule has 2 N–H and O–H groups in total. The molecule has 1 fully saturated rings. The van der Waals surface area contributed by atoms with Crippen LogP contribution in [0.1, 0.15) is 50.5 Å². The summed E-state index contributed by atoms with van der Waals surface area (Å²) in [4.78, 5) is 0. The fourth-order valence-corrected chi connectivity index (χ4v) is 3.45. The quantitative estimate of drug-likeness (QED) is 0.845. The van der Waals surface area contributed by atoms with Gasteiger partial charge >= 0.3 is 0 Å². The second-order valence-corrected chi connectivity index (χ2v) is 5.88. The third kappa shape index (κ3) is 3.60. The zero-order valence-corrected chi connectivity index (χ0v) is 10.8. The van der Waals surface area contributed by atoms with Gasteiger partial charge in [0.15, 0.2) is 0 Å². The molecule has 90 valence electrons. The maximum atomic E-state index is 6.36. The van der Waals surface area contributed by atoms with Crippen molar-refractivity contribution in [3.05, 3.63) is 22.4 Å². The van der Waals surface area contributed by atoms with Crippen molar-refractivity contribution in [3.8, 4) is 0 Å². The molecule has 1 heterocycles. The van der Waals surface area contributed by atoms with Gasteiger partial charge in [0, 0.05) is 6.04 Å². The van der Waals surface area contributed by atoms with Crippen molar-refractivity contribution in [2.24, 2.45) is 11.7 Å². The third-order valence-corrected chi connectivity index (χ3v) is 4.54. The van der Waals surface area contributed by atoms with E-state index in [9.17, 15) is 0 Å². The lowest BCUT2D eigenvalue weighted by molar-refractivity contribution is 0.322. The van der Waals surface area contributed by atoms with Gasteiger partial charge in [-0.15, -0.1) is 0 Å². The third-order valence-electron chi connectivity index (χ3n) is 3.81. The zero-order chi connectivity index (χ0) is 11.2. The predicted octanol–water partition coefficient (Wildman–Crippen LogP) is 3.98. The fraction of sp³-hybridized carbons (Fsp3) is 0.714. The molecule has 0 spiro atoms. The van der Waals surface area contributed by atoms with E-state index in [0.29, 0.717) is 6.04 Å². The van der Waals surface area contributed by atoms with Crippen molar-refractivity contribution in [1.29, 1.82) is 0 Å². The minimum atomic E-state index is 0.382. The van der Waals surface area contributed by atoms with Gasteiger partial charge in [0.2, 0.25) is 0 Å². The number of nitrogens with two attached hydrogens (primary N) is 1. The maximum absolute atomic E-state index is 6.36. The van der Waals surface area contributed by atoms with Crippen molar-refractivity contribution < 1.29 is 0 Å². The molecule has 0 bridgehead atoms. The molecule has 0 amide bonds. The van der Waals surface area contributed by atoms with Gasteiger partial charge in [0.05, 0.1) is 0 Å². The number of rotatable bonds is 3. The van der Waals surface area contributed by atoms with Crippen molar-refractivity contribution in [1.82, 2.24) is 0 Å². The summed E-state index contributed by atoms with van der Waals surface area (Å²) in [5.41, 5.74) is 7.79. The SMILES string of the molecule is NC(Cc1ccsc1)C1CCCCCCC1. The van der Waals surface area contributed by atoms with Crippen LogP contribution in [0.5, 0.6) is 0 Å². The van der Waals surface area contributed by atoms with Gasteiger partial charge in [-0.1, -0.05) is 32.1 Å².